The van der Waals surface area contributed by atoms with Crippen LogP contribution in [-0.2, 0) is 4.79 Å². The molecule has 1 heterocycles. The molecule has 0 unspecified atom stereocenters. The largest absolute Gasteiger partial charge is 0.289 e. The Kier molecular flexibility index (Phi) is 3.93. The number of benzene rings is 1. The molecular weight excluding hydrogens is 264 g/mol. The fourth-order valence-electron chi connectivity index (χ4n) is 2.47. The zero-order valence-corrected chi connectivity index (χ0v) is 12.0. The first kappa shape index (κ1) is 13.1. The first-order valence-corrected chi connectivity index (χ1v) is 7.75. The molecule has 1 aromatic carbocycles. The van der Waals surface area contributed by atoms with Gasteiger partial charge in [0.1, 0.15) is 0 Å². The van der Waals surface area contributed by atoms with Gasteiger partial charge < -0.3 is 0 Å². The lowest BCUT2D eigenvalue weighted by atomic mass is 9.87. The van der Waals surface area contributed by atoms with Crippen LogP contribution in [-0.4, -0.2) is 5.78 Å². The number of ketones is 1. The predicted octanol–water partition coefficient (Wildman–Crippen LogP) is 4.97. The monoisotopic (exact) mass is 280 g/mol. The third-order valence-electron chi connectivity index (χ3n) is 3.48. The van der Waals surface area contributed by atoms with E-state index in [2.05, 4.69) is 6.07 Å². The third-order valence-corrected chi connectivity index (χ3v) is 4.29. The van der Waals surface area contributed by atoms with Gasteiger partial charge in [-0.25, -0.2) is 0 Å². The second kappa shape index (κ2) is 6.02. The van der Waals surface area contributed by atoms with Crippen LogP contribution in [0.1, 0.15) is 29.7 Å². The van der Waals surface area contributed by atoms with Crippen LogP contribution in [0.5, 0.6) is 0 Å². The average Bonchev–Trinajstić information content (AvgIpc) is 2.97. The van der Waals surface area contributed by atoms with Crippen molar-refractivity contribution in [1.82, 2.24) is 0 Å². The molecule has 1 nitrogen and oxygen atoms in total. The number of hydrogen-bond donors (Lipinski definition) is 0. The maximum Gasteiger partial charge on any atom is 0.185 e. The molecule has 2 aromatic rings. The van der Waals surface area contributed by atoms with Gasteiger partial charge in [0.2, 0.25) is 0 Å². The Labute approximate surface area is 123 Å². The highest BCUT2D eigenvalue weighted by Gasteiger charge is 2.20. The summed E-state index contributed by atoms with van der Waals surface area (Å²) in [5, 5.41) is 2.04. The molecule has 0 bridgehead atoms. The van der Waals surface area contributed by atoms with Crippen LogP contribution >= 0.6 is 11.3 Å². The van der Waals surface area contributed by atoms with Gasteiger partial charge in [0, 0.05) is 16.0 Å². The van der Waals surface area contributed by atoms with E-state index >= 15 is 0 Å². The molecule has 0 aliphatic heterocycles. The Morgan fingerprint density at radius 1 is 0.900 bits per heavy atom. The van der Waals surface area contributed by atoms with Crippen LogP contribution in [0.15, 0.2) is 59.0 Å². The smallest absolute Gasteiger partial charge is 0.185 e. The highest BCUT2D eigenvalue weighted by molar-refractivity contribution is 7.10. The predicted molar refractivity (Wildman–Crippen MR) is 85.6 cm³/mol. The molecule has 1 aliphatic rings. The number of rotatable bonds is 2. The van der Waals surface area contributed by atoms with Gasteiger partial charge in [-0.3, -0.25) is 4.79 Å². The summed E-state index contributed by atoms with van der Waals surface area (Å²) in [5.74, 6) is 0.216. The number of Topliss-reactive ketones (excluding diaryl/α,β-unsaturated/α-hetero) is 1. The van der Waals surface area contributed by atoms with E-state index < -0.39 is 0 Å². The Morgan fingerprint density at radius 2 is 1.65 bits per heavy atom. The van der Waals surface area contributed by atoms with Crippen molar-refractivity contribution in [2.75, 3.05) is 0 Å². The summed E-state index contributed by atoms with van der Waals surface area (Å²) in [6, 6.07) is 14.2. The van der Waals surface area contributed by atoms with E-state index in [0.29, 0.717) is 0 Å². The van der Waals surface area contributed by atoms with Gasteiger partial charge in [0.05, 0.1) is 0 Å². The van der Waals surface area contributed by atoms with Crippen LogP contribution in [0.3, 0.4) is 0 Å². The van der Waals surface area contributed by atoms with Crippen molar-refractivity contribution in [2.24, 2.45) is 0 Å². The number of carbonyl (C=O) groups excluding carboxylic acids is 1. The van der Waals surface area contributed by atoms with Gasteiger partial charge in [-0.15, -0.1) is 11.3 Å². The van der Waals surface area contributed by atoms with Crippen LogP contribution < -0.4 is 0 Å². The normalized spacial score (nSPS) is 19.7. The average molecular weight is 280 g/mol. The quantitative estimate of drug-likeness (QED) is 0.710. The topological polar surface area (TPSA) is 17.1 Å². The molecule has 0 spiro atoms. The molecule has 0 N–H and O–H groups in total. The van der Waals surface area contributed by atoms with Crippen molar-refractivity contribution in [1.29, 1.82) is 0 Å². The second-order valence-corrected chi connectivity index (χ2v) is 5.93. The SMILES string of the molecule is O=C1/C(=C\c2ccccc2)CCC/C1=C/c1cccs1. The van der Waals surface area contributed by atoms with Crippen LogP contribution in [0, 0.1) is 0 Å². The van der Waals surface area contributed by atoms with Gasteiger partial charge in [-0.1, -0.05) is 36.4 Å². The molecule has 20 heavy (non-hydrogen) atoms. The highest BCUT2D eigenvalue weighted by Crippen LogP contribution is 2.28. The van der Waals surface area contributed by atoms with Gasteiger partial charge in [-0.05, 0) is 48.4 Å². The summed E-state index contributed by atoms with van der Waals surface area (Å²) in [7, 11) is 0. The summed E-state index contributed by atoms with van der Waals surface area (Å²) >= 11 is 1.68. The minimum Gasteiger partial charge on any atom is -0.289 e. The molecule has 1 saturated carbocycles. The summed E-state index contributed by atoms with van der Waals surface area (Å²) in [6.07, 6.45) is 6.91. The Hall–Kier alpha value is -1.93. The number of carbonyl (C=O) groups is 1. The first-order valence-electron chi connectivity index (χ1n) is 6.87. The Bertz CT molecular complexity index is 648. The zero-order valence-electron chi connectivity index (χ0n) is 11.2. The molecule has 1 aliphatic carbocycles. The third kappa shape index (κ3) is 2.97. The van der Waals surface area contributed by atoms with Crippen molar-refractivity contribution in [2.45, 2.75) is 19.3 Å². The fourth-order valence-corrected chi connectivity index (χ4v) is 3.16. The van der Waals surface area contributed by atoms with Gasteiger partial charge in [0.25, 0.3) is 0 Å². The molecular formula is C18H16OS. The van der Waals surface area contributed by atoms with Crippen molar-refractivity contribution >= 4 is 29.3 Å². The standard InChI is InChI=1S/C18H16OS/c19-18-15(12-14-6-2-1-3-7-14)8-4-9-16(18)13-17-10-5-11-20-17/h1-3,5-7,10-13H,4,8-9H2/b15-12-,16-13-. The maximum atomic E-state index is 12.5. The summed E-state index contributed by atoms with van der Waals surface area (Å²) < 4.78 is 0. The van der Waals surface area contributed by atoms with E-state index in [1.807, 2.05) is 53.9 Å². The molecule has 2 heteroatoms. The Balaban J connectivity index is 1.88. The van der Waals surface area contributed by atoms with Gasteiger partial charge >= 0.3 is 0 Å². The summed E-state index contributed by atoms with van der Waals surface area (Å²) in [6.45, 7) is 0. The van der Waals surface area contributed by atoms with Gasteiger partial charge in [0.15, 0.2) is 5.78 Å². The fraction of sp³-hybridized carbons (Fsp3) is 0.167. The van der Waals surface area contributed by atoms with E-state index in [9.17, 15) is 4.79 Å². The molecule has 1 aromatic heterocycles. The summed E-state index contributed by atoms with van der Waals surface area (Å²) in [4.78, 5) is 13.7. The summed E-state index contributed by atoms with van der Waals surface area (Å²) in [5.41, 5.74) is 2.99. The van der Waals surface area contributed by atoms with E-state index in [1.54, 1.807) is 11.3 Å². The van der Waals surface area contributed by atoms with Crippen LogP contribution in [0.2, 0.25) is 0 Å². The molecule has 3 rings (SSSR count). The first-order chi connectivity index (χ1) is 9.83. The molecule has 1 fully saturated rings. The van der Waals surface area contributed by atoms with Crippen LogP contribution in [0.25, 0.3) is 12.2 Å². The lowest BCUT2D eigenvalue weighted by Gasteiger charge is -2.16. The van der Waals surface area contributed by atoms with Crippen molar-refractivity contribution in [3.63, 3.8) is 0 Å². The van der Waals surface area contributed by atoms with Crippen molar-refractivity contribution in [3.8, 4) is 0 Å². The lowest BCUT2D eigenvalue weighted by molar-refractivity contribution is -0.112. The molecule has 0 atom stereocenters. The van der Waals surface area contributed by atoms with E-state index in [-0.39, 0.29) is 5.78 Å². The number of thiophene rings is 1. The van der Waals surface area contributed by atoms with E-state index in [1.165, 1.54) is 0 Å². The Morgan fingerprint density at radius 3 is 2.35 bits per heavy atom. The minimum atomic E-state index is 0.216. The van der Waals surface area contributed by atoms with E-state index in [0.717, 1.165) is 40.8 Å². The second-order valence-electron chi connectivity index (χ2n) is 4.95. The zero-order chi connectivity index (χ0) is 13.8. The number of allylic oxidation sites excluding steroid dienone is 2. The van der Waals surface area contributed by atoms with Crippen molar-refractivity contribution < 1.29 is 4.79 Å². The molecule has 0 amide bonds. The minimum absolute atomic E-state index is 0.216. The lowest BCUT2D eigenvalue weighted by Crippen LogP contribution is -2.12. The highest BCUT2D eigenvalue weighted by atomic mass is 32.1. The van der Waals surface area contributed by atoms with E-state index in [4.69, 9.17) is 0 Å². The number of hydrogen-bond acceptors (Lipinski definition) is 2. The maximum absolute atomic E-state index is 12.5. The van der Waals surface area contributed by atoms with Crippen molar-refractivity contribution in [3.05, 3.63) is 69.4 Å². The molecule has 0 saturated heterocycles. The molecule has 100 valence electrons. The van der Waals surface area contributed by atoms with Gasteiger partial charge in [-0.2, -0.15) is 0 Å². The molecule has 0 radical (unpaired) electrons. The van der Waals surface area contributed by atoms with Crippen LogP contribution in [0.4, 0.5) is 0 Å².